The molecule has 3 aromatic rings. The van der Waals surface area contributed by atoms with Gasteiger partial charge in [0.25, 0.3) is 0 Å². The third kappa shape index (κ3) is 4.52. The van der Waals surface area contributed by atoms with Crippen LogP contribution in [0, 0.1) is 11.8 Å². The maximum absolute atomic E-state index is 13.4. The molecule has 3 fully saturated rings. The van der Waals surface area contributed by atoms with Crippen LogP contribution >= 0.6 is 0 Å². The number of rotatable bonds is 5. The van der Waals surface area contributed by atoms with Gasteiger partial charge in [-0.3, -0.25) is 9.59 Å². The number of hydrogen-bond donors (Lipinski definition) is 0. The van der Waals surface area contributed by atoms with Crippen molar-refractivity contribution < 1.29 is 18.7 Å². The van der Waals surface area contributed by atoms with E-state index < -0.39 is 5.63 Å². The second-order valence-corrected chi connectivity index (χ2v) is 10.7. The number of nitrogens with zero attached hydrogens (tertiary/aromatic N) is 2. The van der Waals surface area contributed by atoms with Crippen LogP contribution in [-0.2, 0) is 16.0 Å². The lowest BCUT2D eigenvalue weighted by Crippen LogP contribution is -2.61. The summed E-state index contributed by atoms with van der Waals surface area (Å²) >= 11 is 0. The minimum absolute atomic E-state index is 0.148. The molecule has 4 heterocycles. The van der Waals surface area contributed by atoms with Crippen LogP contribution in [0.25, 0.3) is 22.1 Å². The first-order valence-corrected chi connectivity index (χ1v) is 13.3. The second kappa shape index (κ2) is 9.69. The Hall–Kier alpha value is -3.61. The fraction of sp³-hybridized carbons (Fsp3) is 0.433. The van der Waals surface area contributed by atoms with Gasteiger partial charge in [-0.25, -0.2) is 4.79 Å². The lowest BCUT2D eigenvalue weighted by atomic mass is 9.76. The van der Waals surface area contributed by atoms with Crippen molar-refractivity contribution in [2.24, 2.45) is 11.8 Å². The monoisotopic (exact) mass is 500 g/mol. The first kappa shape index (κ1) is 23.8. The summed E-state index contributed by atoms with van der Waals surface area (Å²) in [7, 11) is 1.59. The van der Waals surface area contributed by atoms with Gasteiger partial charge in [0, 0.05) is 56.0 Å². The molecule has 1 aromatic heterocycles. The van der Waals surface area contributed by atoms with Gasteiger partial charge in [-0.05, 0) is 60.3 Å². The van der Waals surface area contributed by atoms with Gasteiger partial charge < -0.3 is 19.0 Å². The predicted molar refractivity (Wildman–Crippen MR) is 140 cm³/mol. The Bertz CT molecular complexity index is 1400. The molecular weight excluding hydrogens is 468 g/mol. The Morgan fingerprint density at radius 3 is 2.73 bits per heavy atom. The zero-order valence-corrected chi connectivity index (χ0v) is 21.2. The molecule has 3 saturated heterocycles. The number of hydrogen-bond acceptors (Lipinski definition) is 5. The zero-order valence-electron chi connectivity index (χ0n) is 21.2. The molecule has 3 aliphatic rings. The molecule has 6 rings (SSSR count). The number of amides is 2. The van der Waals surface area contributed by atoms with Crippen molar-refractivity contribution in [2.45, 2.75) is 44.6 Å². The number of likely N-dealkylation sites (tertiary alicyclic amines) is 1. The molecule has 0 aliphatic carbocycles. The van der Waals surface area contributed by atoms with E-state index in [0.29, 0.717) is 54.4 Å². The van der Waals surface area contributed by atoms with E-state index in [1.165, 1.54) is 6.07 Å². The van der Waals surface area contributed by atoms with Crippen molar-refractivity contribution in [1.82, 2.24) is 9.80 Å². The van der Waals surface area contributed by atoms with E-state index >= 15 is 0 Å². The smallest absolute Gasteiger partial charge is 0.336 e. The van der Waals surface area contributed by atoms with Crippen LogP contribution in [0.1, 0.15) is 37.7 Å². The molecule has 7 nitrogen and oxygen atoms in total. The average molecular weight is 501 g/mol. The van der Waals surface area contributed by atoms with E-state index in [1.54, 1.807) is 13.2 Å². The molecule has 0 unspecified atom stereocenters. The van der Waals surface area contributed by atoms with Gasteiger partial charge in [-0.2, -0.15) is 0 Å². The standard InChI is InChI=1S/C30H32N2O5/c1-36-26-15-27-24(23(14-30(35)37-27)20-6-3-2-4-7-20)13-21(26)10-11-28(33)31-16-19-12-22(18-31)25-8-5-9-29(34)32(25)17-19/h2-4,6-7,13-15,19,22,25H,5,8-12,16-18H2,1H3/t19-,22+,25-/m1/s1. The van der Waals surface area contributed by atoms with Crippen LogP contribution in [-0.4, -0.2) is 54.4 Å². The summed E-state index contributed by atoms with van der Waals surface area (Å²) in [5.74, 6) is 1.80. The highest BCUT2D eigenvalue weighted by Gasteiger charge is 2.44. The highest BCUT2D eigenvalue weighted by atomic mass is 16.5. The molecule has 3 atom stereocenters. The molecule has 192 valence electrons. The van der Waals surface area contributed by atoms with Gasteiger partial charge >= 0.3 is 5.63 Å². The average Bonchev–Trinajstić information content (AvgIpc) is 2.91. The molecule has 0 spiro atoms. The van der Waals surface area contributed by atoms with E-state index in [0.717, 1.165) is 61.0 Å². The summed E-state index contributed by atoms with van der Waals surface area (Å²) in [5.41, 5.74) is 2.70. The first-order chi connectivity index (χ1) is 18.0. The molecule has 2 amide bonds. The van der Waals surface area contributed by atoms with Crippen LogP contribution < -0.4 is 10.4 Å². The minimum Gasteiger partial charge on any atom is -0.496 e. The minimum atomic E-state index is -0.412. The fourth-order valence-corrected chi connectivity index (χ4v) is 6.69. The molecule has 37 heavy (non-hydrogen) atoms. The summed E-state index contributed by atoms with van der Waals surface area (Å²) in [4.78, 5) is 42.2. The van der Waals surface area contributed by atoms with Gasteiger partial charge in [0.15, 0.2) is 0 Å². The Kier molecular flexibility index (Phi) is 6.22. The Morgan fingerprint density at radius 1 is 1.08 bits per heavy atom. The number of aryl methyl sites for hydroxylation is 1. The lowest BCUT2D eigenvalue weighted by molar-refractivity contribution is -0.148. The molecule has 0 N–H and O–H groups in total. The maximum atomic E-state index is 13.4. The van der Waals surface area contributed by atoms with Crippen molar-refractivity contribution in [1.29, 1.82) is 0 Å². The SMILES string of the molecule is COc1cc2oc(=O)cc(-c3ccccc3)c2cc1CCC(=O)N1C[C@H]2C[C@@H](C1)[C@H]1CCCC(=O)N1C2. The summed E-state index contributed by atoms with van der Waals surface area (Å²) < 4.78 is 11.1. The van der Waals surface area contributed by atoms with E-state index in [1.807, 2.05) is 41.3 Å². The maximum Gasteiger partial charge on any atom is 0.336 e. The predicted octanol–water partition coefficient (Wildman–Crippen LogP) is 4.26. The molecule has 3 aliphatic heterocycles. The fourth-order valence-electron chi connectivity index (χ4n) is 6.69. The topological polar surface area (TPSA) is 80.1 Å². The number of piperidine rings is 3. The third-order valence-electron chi connectivity index (χ3n) is 8.37. The van der Waals surface area contributed by atoms with Crippen molar-refractivity contribution in [3.63, 3.8) is 0 Å². The molecule has 2 aromatic carbocycles. The summed E-state index contributed by atoms with van der Waals surface area (Å²) in [6.07, 6.45) is 4.71. The van der Waals surface area contributed by atoms with Crippen molar-refractivity contribution >= 4 is 22.8 Å². The van der Waals surface area contributed by atoms with E-state index in [-0.39, 0.29) is 5.91 Å². The van der Waals surface area contributed by atoms with Crippen LogP contribution in [0.5, 0.6) is 5.75 Å². The number of carbonyl (C=O) groups is 2. The van der Waals surface area contributed by atoms with Gasteiger partial charge in [-0.1, -0.05) is 30.3 Å². The molecular formula is C30H32N2O5. The van der Waals surface area contributed by atoms with Gasteiger partial charge in [0.05, 0.1) is 7.11 Å². The van der Waals surface area contributed by atoms with Gasteiger partial charge in [-0.15, -0.1) is 0 Å². The zero-order chi connectivity index (χ0) is 25.5. The van der Waals surface area contributed by atoms with E-state index in [4.69, 9.17) is 9.15 Å². The number of benzene rings is 2. The molecule has 0 saturated carbocycles. The highest BCUT2D eigenvalue weighted by Crippen LogP contribution is 2.38. The lowest BCUT2D eigenvalue weighted by Gasteiger charge is -2.52. The van der Waals surface area contributed by atoms with E-state index in [2.05, 4.69) is 4.90 Å². The molecule has 0 radical (unpaired) electrons. The normalized spacial score (nSPS) is 23.2. The molecule has 2 bridgehead atoms. The van der Waals surface area contributed by atoms with Crippen LogP contribution in [0.2, 0.25) is 0 Å². The first-order valence-electron chi connectivity index (χ1n) is 13.3. The van der Waals surface area contributed by atoms with Crippen LogP contribution in [0.15, 0.2) is 57.7 Å². The Labute approximate surface area is 216 Å². The number of fused-ring (bicyclic) bond motifs is 5. The molecule has 7 heteroatoms. The number of carbonyl (C=O) groups excluding carboxylic acids is 2. The summed E-state index contributed by atoms with van der Waals surface area (Å²) in [5, 5.41) is 0.823. The van der Waals surface area contributed by atoms with Crippen LogP contribution in [0.4, 0.5) is 0 Å². The third-order valence-corrected chi connectivity index (χ3v) is 8.37. The van der Waals surface area contributed by atoms with Crippen molar-refractivity contribution in [3.8, 4) is 16.9 Å². The summed E-state index contributed by atoms with van der Waals surface area (Å²) in [6.45, 7) is 2.25. The van der Waals surface area contributed by atoms with Crippen LogP contribution in [0.3, 0.4) is 0 Å². The second-order valence-electron chi connectivity index (χ2n) is 10.7. The van der Waals surface area contributed by atoms with Gasteiger partial charge in [0.1, 0.15) is 11.3 Å². The van der Waals surface area contributed by atoms with Crippen molar-refractivity contribution in [3.05, 3.63) is 64.5 Å². The Morgan fingerprint density at radius 2 is 1.92 bits per heavy atom. The largest absolute Gasteiger partial charge is 0.496 e. The van der Waals surface area contributed by atoms with E-state index in [9.17, 15) is 14.4 Å². The van der Waals surface area contributed by atoms with Gasteiger partial charge in [0.2, 0.25) is 11.8 Å². The number of ether oxygens (including phenoxy) is 1. The quantitative estimate of drug-likeness (QED) is 0.489. The summed E-state index contributed by atoms with van der Waals surface area (Å²) in [6, 6.07) is 15.3. The highest BCUT2D eigenvalue weighted by molar-refractivity contribution is 5.94. The number of methoxy groups -OCH3 is 1. The van der Waals surface area contributed by atoms with Crippen molar-refractivity contribution in [2.75, 3.05) is 26.7 Å². The Balaban J connectivity index is 1.22.